The Labute approximate surface area is 166 Å². The third-order valence-electron chi connectivity index (χ3n) is 5.33. The summed E-state index contributed by atoms with van der Waals surface area (Å²) in [6.45, 7) is 9.89. The number of likely N-dealkylation sites (tertiary alicyclic amines) is 1. The molecular weight excluding hydrogens is 394 g/mol. The van der Waals surface area contributed by atoms with Gasteiger partial charge in [0.1, 0.15) is 5.75 Å². The molecule has 5 heteroatoms. The van der Waals surface area contributed by atoms with Crippen LogP contribution in [0.1, 0.15) is 58.4 Å². The molecule has 0 bridgehead atoms. The number of hydrogen-bond acceptors (Lipinski definition) is 2. The van der Waals surface area contributed by atoms with Crippen LogP contribution in [0.25, 0.3) is 0 Å². The lowest BCUT2D eigenvalue weighted by molar-refractivity contribution is 0.0191. The van der Waals surface area contributed by atoms with Gasteiger partial charge in [-0.05, 0) is 62.5 Å². The number of rotatable bonds is 6. The van der Waals surface area contributed by atoms with Crippen molar-refractivity contribution in [3.05, 3.63) is 28.2 Å². The first kappa shape index (κ1) is 21.1. The van der Waals surface area contributed by atoms with E-state index in [9.17, 15) is 9.90 Å². The van der Waals surface area contributed by atoms with Crippen molar-refractivity contribution in [1.82, 2.24) is 4.90 Å². The van der Waals surface area contributed by atoms with Crippen LogP contribution in [0.4, 0.5) is 4.79 Å². The molecule has 0 aromatic heterocycles. The van der Waals surface area contributed by atoms with Crippen molar-refractivity contribution in [2.75, 3.05) is 13.2 Å². The standard InChI is InChI=1S/C21H32BrNO3/c1-15-17(22)11-7-12-18(15)26-14-6-5-9-16-10-8-13-23(20(24)25)19(16)21(2,3)4/h7,11-12,16,19H,5-6,8-10,13-14H2,1-4H3,(H,24,25)/t16-,19?/m1/s1. The maximum absolute atomic E-state index is 11.7. The molecule has 0 radical (unpaired) electrons. The molecule has 1 heterocycles. The second kappa shape index (κ2) is 9.12. The molecule has 1 fully saturated rings. The molecule has 1 aromatic carbocycles. The van der Waals surface area contributed by atoms with Crippen molar-refractivity contribution >= 4 is 22.0 Å². The highest BCUT2D eigenvalue weighted by Gasteiger charge is 2.41. The van der Waals surface area contributed by atoms with Crippen molar-refractivity contribution in [2.45, 2.75) is 65.8 Å². The first-order valence-electron chi connectivity index (χ1n) is 9.59. The fourth-order valence-electron chi connectivity index (χ4n) is 4.20. The van der Waals surface area contributed by atoms with Gasteiger partial charge in [-0.2, -0.15) is 0 Å². The van der Waals surface area contributed by atoms with Crippen LogP contribution in [-0.2, 0) is 0 Å². The van der Waals surface area contributed by atoms with E-state index in [-0.39, 0.29) is 11.5 Å². The summed E-state index contributed by atoms with van der Waals surface area (Å²) in [6, 6.07) is 6.11. The maximum atomic E-state index is 11.7. The maximum Gasteiger partial charge on any atom is 0.407 e. The van der Waals surface area contributed by atoms with Crippen LogP contribution in [0.2, 0.25) is 0 Å². The smallest absolute Gasteiger partial charge is 0.407 e. The van der Waals surface area contributed by atoms with E-state index in [1.807, 2.05) is 18.2 Å². The molecule has 0 saturated carbocycles. The molecule has 1 saturated heterocycles. The van der Waals surface area contributed by atoms with Gasteiger partial charge in [0.15, 0.2) is 0 Å². The SMILES string of the molecule is Cc1c(Br)cccc1OCCCC[C@@H]1CCCN(C(=O)O)C1C(C)(C)C. The second-order valence-electron chi connectivity index (χ2n) is 8.40. The van der Waals surface area contributed by atoms with Gasteiger partial charge < -0.3 is 14.7 Å². The molecule has 1 amide bonds. The molecule has 0 aliphatic carbocycles. The highest BCUT2D eigenvalue weighted by Crippen LogP contribution is 2.38. The van der Waals surface area contributed by atoms with Crippen molar-refractivity contribution in [2.24, 2.45) is 11.3 Å². The third kappa shape index (κ3) is 5.38. The van der Waals surface area contributed by atoms with Crippen LogP contribution >= 0.6 is 15.9 Å². The monoisotopic (exact) mass is 425 g/mol. The molecule has 26 heavy (non-hydrogen) atoms. The van der Waals surface area contributed by atoms with Crippen molar-refractivity contribution in [3.8, 4) is 5.75 Å². The number of hydrogen-bond donors (Lipinski definition) is 1. The second-order valence-corrected chi connectivity index (χ2v) is 9.25. The van der Waals surface area contributed by atoms with E-state index in [0.29, 0.717) is 19.1 Å². The van der Waals surface area contributed by atoms with Crippen LogP contribution in [-0.4, -0.2) is 35.3 Å². The zero-order chi connectivity index (χ0) is 19.3. The Morgan fingerprint density at radius 2 is 2.08 bits per heavy atom. The molecule has 0 spiro atoms. The number of benzene rings is 1. The number of ether oxygens (including phenoxy) is 1. The zero-order valence-corrected chi connectivity index (χ0v) is 18.0. The van der Waals surface area contributed by atoms with Gasteiger partial charge in [0.05, 0.1) is 6.61 Å². The molecular formula is C21H32BrNO3. The van der Waals surface area contributed by atoms with Gasteiger partial charge in [0, 0.05) is 22.6 Å². The lowest BCUT2D eigenvalue weighted by Crippen LogP contribution is -2.54. The Morgan fingerprint density at radius 3 is 2.73 bits per heavy atom. The van der Waals surface area contributed by atoms with E-state index < -0.39 is 6.09 Å². The Bertz CT molecular complexity index is 612. The predicted molar refractivity (Wildman–Crippen MR) is 109 cm³/mol. The van der Waals surface area contributed by atoms with Crippen molar-refractivity contribution in [1.29, 1.82) is 0 Å². The van der Waals surface area contributed by atoms with Gasteiger partial charge in [-0.3, -0.25) is 0 Å². The Balaban J connectivity index is 1.85. The average Bonchev–Trinajstić information content (AvgIpc) is 2.57. The molecule has 1 aliphatic rings. The highest BCUT2D eigenvalue weighted by atomic mass is 79.9. The van der Waals surface area contributed by atoms with Crippen LogP contribution < -0.4 is 4.74 Å². The van der Waals surface area contributed by atoms with Crippen molar-refractivity contribution < 1.29 is 14.6 Å². The number of halogens is 1. The number of piperidine rings is 1. The molecule has 1 unspecified atom stereocenters. The molecule has 1 aromatic rings. The van der Waals surface area contributed by atoms with E-state index >= 15 is 0 Å². The summed E-state index contributed by atoms with van der Waals surface area (Å²) in [6.07, 6.45) is 4.44. The number of carboxylic acid groups (broad SMARTS) is 1. The van der Waals surface area contributed by atoms with Gasteiger partial charge in [0.2, 0.25) is 0 Å². The lowest BCUT2D eigenvalue weighted by atomic mass is 9.72. The largest absolute Gasteiger partial charge is 0.493 e. The van der Waals surface area contributed by atoms with E-state index in [0.717, 1.165) is 47.9 Å². The quantitative estimate of drug-likeness (QED) is 0.559. The van der Waals surface area contributed by atoms with Crippen LogP contribution in [0.3, 0.4) is 0 Å². The summed E-state index contributed by atoms with van der Waals surface area (Å²) < 4.78 is 6.99. The molecule has 146 valence electrons. The molecule has 2 rings (SSSR count). The minimum Gasteiger partial charge on any atom is -0.493 e. The summed E-state index contributed by atoms with van der Waals surface area (Å²) in [7, 11) is 0. The van der Waals surface area contributed by atoms with Crippen LogP contribution in [0.15, 0.2) is 22.7 Å². The van der Waals surface area contributed by atoms with Crippen LogP contribution in [0.5, 0.6) is 5.75 Å². The normalized spacial score (nSPS) is 20.9. The highest BCUT2D eigenvalue weighted by molar-refractivity contribution is 9.10. The molecule has 1 aliphatic heterocycles. The zero-order valence-electron chi connectivity index (χ0n) is 16.4. The predicted octanol–water partition coefficient (Wildman–Crippen LogP) is 6.11. The van der Waals surface area contributed by atoms with E-state index in [1.54, 1.807) is 4.90 Å². The number of amides is 1. The van der Waals surface area contributed by atoms with Crippen LogP contribution in [0, 0.1) is 18.3 Å². The Kier molecular flexibility index (Phi) is 7.39. The fraction of sp³-hybridized carbons (Fsp3) is 0.667. The van der Waals surface area contributed by atoms with Gasteiger partial charge in [-0.25, -0.2) is 4.79 Å². The molecule has 2 atom stereocenters. The topological polar surface area (TPSA) is 49.8 Å². The van der Waals surface area contributed by atoms with Gasteiger partial charge in [-0.15, -0.1) is 0 Å². The van der Waals surface area contributed by atoms with Gasteiger partial charge in [0.25, 0.3) is 0 Å². The Hall–Kier alpha value is -1.23. The van der Waals surface area contributed by atoms with Gasteiger partial charge >= 0.3 is 6.09 Å². The summed E-state index contributed by atoms with van der Waals surface area (Å²) in [4.78, 5) is 13.3. The van der Waals surface area contributed by atoms with E-state index in [2.05, 4.69) is 43.6 Å². The fourth-order valence-corrected chi connectivity index (χ4v) is 4.55. The Morgan fingerprint density at radius 1 is 1.35 bits per heavy atom. The molecule has 1 N–H and O–H groups in total. The number of unbranched alkanes of at least 4 members (excludes halogenated alkanes) is 1. The molecule has 4 nitrogen and oxygen atoms in total. The summed E-state index contributed by atoms with van der Waals surface area (Å²) >= 11 is 3.53. The van der Waals surface area contributed by atoms with Crippen molar-refractivity contribution in [3.63, 3.8) is 0 Å². The third-order valence-corrected chi connectivity index (χ3v) is 6.19. The minimum atomic E-state index is -0.775. The first-order chi connectivity index (χ1) is 12.2. The summed E-state index contributed by atoms with van der Waals surface area (Å²) in [5.74, 6) is 1.37. The first-order valence-corrected chi connectivity index (χ1v) is 10.4. The minimum absolute atomic E-state index is 0.0343. The number of nitrogens with zero attached hydrogens (tertiary/aromatic N) is 1. The van der Waals surface area contributed by atoms with E-state index in [1.165, 1.54) is 0 Å². The lowest BCUT2D eigenvalue weighted by Gasteiger charge is -2.47. The average molecular weight is 426 g/mol. The number of carbonyl (C=O) groups is 1. The summed E-state index contributed by atoms with van der Waals surface area (Å²) in [5, 5.41) is 9.58. The van der Waals surface area contributed by atoms with E-state index in [4.69, 9.17) is 4.74 Å². The van der Waals surface area contributed by atoms with Gasteiger partial charge in [-0.1, -0.05) is 42.8 Å². The summed E-state index contributed by atoms with van der Waals surface area (Å²) in [5.41, 5.74) is 1.10.